The molecule has 6 heteroatoms. The Morgan fingerprint density at radius 2 is 1.95 bits per heavy atom. The molecule has 0 fully saturated rings. The van der Waals surface area contributed by atoms with Gasteiger partial charge in [0.15, 0.2) is 0 Å². The summed E-state index contributed by atoms with van der Waals surface area (Å²) in [7, 11) is -1.97. The predicted molar refractivity (Wildman–Crippen MR) is 75.7 cm³/mol. The van der Waals surface area contributed by atoms with E-state index < -0.39 is 10.0 Å². The molecule has 1 aromatic rings. The molecule has 1 atom stereocenters. The standard InChI is InChI=1S/C13H22N2O3S/c1-3-4-5-11(10-14)15-19(16,17)13-8-6-12(18-2)7-9-13/h6-9,11,15H,3-5,10,14H2,1-2H3. The Hall–Kier alpha value is -1.11. The van der Waals surface area contributed by atoms with E-state index in [-0.39, 0.29) is 10.9 Å². The van der Waals surface area contributed by atoms with Gasteiger partial charge in [0.1, 0.15) is 5.75 Å². The van der Waals surface area contributed by atoms with E-state index in [2.05, 4.69) is 11.6 Å². The van der Waals surface area contributed by atoms with Gasteiger partial charge in [0.05, 0.1) is 12.0 Å². The molecule has 0 aliphatic carbocycles. The lowest BCUT2D eigenvalue weighted by atomic mass is 10.1. The van der Waals surface area contributed by atoms with Gasteiger partial charge in [0, 0.05) is 12.6 Å². The van der Waals surface area contributed by atoms with E-state index in [1.54, 1.807) is 12.1 Å². The van der Waals surface area contributed by atoms with Crippen LogP contribution in [0.25, 0.3) is 0 Å². The lowest BCUT2D eigenvalue weighted by Gasteiger charge is -2.16. The first-order valence-corrected chi connectivity index (χ1v) is 7.88. The van der Waals surface area contributed by atoms with Crippen LogP contribution in [0, 0.1) is 0 Å². The molecule has 0 bridgehead atoms. The third-order valence-electron chi connectivity index (χ3n) is 2.88. The molecule has 0 amide bonds. The third kappa shape index (κ3) is 4.81. The first-order chi connectivity index (χ1) is 9.03. The maximum Gasteiger partial charge on any atom is 0.240 e. The summed E-state index contributed by atoms with van der Waals surface area (Å²) in [6.45, 7) is 2.36. The maximum atomic E-state index is 12.2. The summed E-state index contributed by atoms with van der Waals surface area (Å²) in [6.07, 6.45) is 2.72. The average Bonchev–Trinajstić information content (AvgIpc) is 2.43. The molecule has 108 valence electrons. The van der Waals surface area contributed by atoms with Crippen LogP contribution < -0.4 is 15.2 Å². The predicted octanol–water partition coefficient (Wildman–Crippen LogP) is 1.49. The first kappa shape index (κ1) is 15.9. The molecule has 1 aromatic carbocycles. The maximum absolute atomic E-state index is 12.2. The van der Waals surface area contributed by atoms with Crippen molar-refractivity contribution in [2.75, 3.05) is 13.7 Å². The molecule has 0 aliphatic rings. The minimum atomic E-state index is -3.51. The molecule has 1 unspecified atom stereocenters. The highest BCUT2D eigenvalue weighted by molar-refractivity contribution is 7.89. The lowest BCUT2D eigenvalue weighted by molar-refractivity contribution is 0.414. The molecule has 0 saturated heterocycles. The number of sulfonamides is 1. The summed E-state index contributed by atoms with van der Waals surface area (Å²) in [4.78, 5) is 0.225. The van der Waals surface area contributed by atoms with Crippen molar-refractivity contribution in [1.29, 1.82) is 0 Å². The number of hydrogen-bond acceptors (Lipinski definition) is 4. The largest absolute Gasteiger partial charge is 0.497 e. The van der Waals surface area contributed by atoms with E-state index in [9.17, 15) is 8.42 Å². The SMILES string of the molecule is CCCCC(CN)NS(=O)(=O)c1ccc(OC)cc1. The van der Waals surface area contributed by atoms with Crippen LogP contribution in [0.4, 0.5) is 0 Å². The molecule has 0 spiro atoms. The Balaban J connectivity index is 2.78. The van der Waals surface area contributed by atoms with E-state index in [1.807, 2.05) is 0 Å². The number of nitrogens with one attached hydrogen (secondary N) is 1. The van der Waals surface area contributed by atoms with Gasteiger partial charge in [-0.2, -0.15) is 0 Å². The highest BCUT2D eigenvalue weighted by atomic mass is 32.2. The molecular weight excluding hydrogens is 264 g/mol. The fourth-order valence-corrected chi connectivity index (χ4v) is 3.00. The summed E-state index contributed by atoms with van der Waals surface area (Å²) in [5.74, 6) is 0.625. The van der Waals surface area contributed by atoms with Crippen LogP contribution in [0.1, 0.15) is 26.2 Å². The Morgan fingerprint density at radius 3 is 2.42 bits per heavy atom. The Bertz CT molecular complexity index is 471. The lowest BCUT2D eigenvalue weighted by Crippen LogP contribution is -2.40. The molecule has 0 heterocycles. The van der Waals surface area contributed by atoms with Gasteiger partial charge in [0.25, 0.3) is 0 Å². The average molecular weight is 286 g/mol. The molecule has 0 saturated carbocycles. The van der Waals surface area contributed by atoms with E-state index in [4.69, 9.17) is 10.5 Å². The summed E-state index contributed by atoms with van der Waals surface area (Å²) in [6, 6.07) is 6.08. The van der Waals surface area contributed by atoms with Gasteiger partial charge < -0.3 is 10.5 Å². The number of methoxy groups -OCH3 is 1. The summed E-state index contributed by atoms with van der Waals surface area (Å²) in [5.41, 5.74) is 5.60. The van der Waals surface area contributed by atoms with Crippen molar-refractivity contribution in [3.05, 3.63) is 24.3 Å². The summed E-state index contributed by atoms with van der Waals surface area (Å²) >= 11 is 0. The number of hydrogen-bond donors (Lipinski definition) is 2. The van der Waals surface area contributed by atoms with Crippen LogP contribution in [0.5, 0.6) is 5.75 Å². The second-order valence-corrected chi connectivity index (χ2v) is 6.09. The second-order valence-electron chi connectivity index (χ2n) is 4.37. The number of nitrogens with two attached hydrogens (primary N) is 1. The zero-order valence-electron chi connectivity index (χ0n) is 11.4. The van der Waals surface area contributed by atoms with Crippen molar-refractivity contribution in [2.45, 2.75) is 37.1 Å². The normalized spacial score (nSPS) is 13.2. The zero-order valence-corrected chi connectivity index (χ0v) is 12.2. The Labute approximate surface area is 115 Å². The molecule has 0 aromatic heterocycles. The first-order valence-electron chi connectivity index (χ1n) is 6.40. The number of ether oxygens (including phenoxy) is 1. The molecule has 0 radical (unpaired) electrons. The fourth-order valence-electron chi connectivity index (χ4n) is 1.72. The smallest absolute Gasteiger partial charge is 0.240 e. The zero-order chi connectivity index (χ0) is 14.3. The number of benzene rings is 1. The van der Waals surface area contributed by atoms with Gasteiger partial charge in [0.2, 0.25) is 10.0 Å². The van der Waals surface area contributed by atoms with Crippen LogP contribution in [-0.4, -0.2) is 28.1 Å². The van der Waals surface area contributed by atoms with Crippen LogP contribution in [0.2, 0.25) is 0 Å². The van der Waals surface area contributed by atoms with Gasteiger partial charge in [-0.25, -0.2) is 13.1 Å². The summed E-state index contributed by atoms with van der Waals surface area (Å²) in [5, 5.41) is 0. The van der Waals surface area contributed by atoms with E-state index in [1.165, 1.54) is 19.2 Å². The van der Waals surface area contributed by atoms with Crippen molar-refractivity contribution in [3.8, 4) is 5.75 Å². The number of rotatable bonds is 8. The van der Waals surface area contributed by atoms with Crippen LogP contribution in [0.15, 0.2) is 29.2 Å². The van der Waals surface area contributed by atoms with Crippen LogP contribution in [0.3, 0.4) is 0 Å². The monoisotopic (exact) mass is 286 g/mol. The van der Waals surface area contributed by atoms with Gasteiger partial charge in [-0.15, -0.1) is 0 Å². The van der Waals surface area contributed by atoms with Crippen molar-refractivity contribution in [1.82, 2.24) is 4.72 Å². The molecule has 3 N–H and O–H groups in total. The second kappa shape index (κ2) is 7.47. The van der Waals surface area contributed by atoms with Crippen molar-refractivity contribution in [2.24, 2.45) is 5.73 Å². The van der Waals surface area contributed by atoms with Crippen molar-refractivity contribution in [3.63, 3.8) is 0 Å². The number of unbranched alkanes of at least 4 members (excludes halogenated alkanes) is 1. The summed E-state index contributed by atoms with van der Waals surface area (Å²) < 4.78 is 32.0. The molecule has 0 aliphatic heterocycles. The Morgan fingerprint density at radius 1 is 1.32 bits per heavy atom. The van der Waals surface area contributed by atoms with Crippen molar-refractivity contribution >= 4 is 10.0 Å². The topological polar surface area (TPSA) is 81.4 Å². The van der Waals surface area contributed by atoms with Crippen LogP contribution >= 0.6 is 0 Å². The minimum absolute atomic E-state index is 0.216. The van der Waals surface area contributed by atoms with Gasteiger partial charge >= 0.3 is 0 Å². The quantitative estimate of drug-likeness (QED) is 0.758. The molecule has 19 heavy (non-hydrogen) atoms. The van der Waals surface area contributed by atoms with E-state index in [0.717, 1.165) is 19.3 Å². The molecule has 1 rings (SSSR count). The Kier molecular flexibility index (Phi) is 6.27. The van der Waals surface area contributed by atoms with Crippen LogP contribution in [-0.2, 0) is 10.0 Å². The van der Waals surface area contributed by atoms with E-state index >= 15 is 0 Å². The highest BCUT2D eigenvalue weighted by Gasteiger charge is 2.18. The van der Waals surface area contributed by atoms with Crippen molar-refractivity contribution < 1.29 is 13.2 Å². The molecule has 5 nitrogen and oxygen atoms in total. The molecular formula is C13H22N2O3S. The van der Waals surface area contributed by atoms with Gasteiger partial charge in [-0.3, -0.25) is 0 Å². The van der Waals surface area contributed by atoms with Gasteiger partial charge in [-0.1, -0.05) is 19.8 Å². The fraction of sp³-hybridized carbons (Fsp3) is 0.538. The highest BCUT2D eigenvalue weighted by Crippen LogP contribution is 2.16. The van der Waals surface area contributed by atoms with E-state index in [0.29, 0.717) is 12.3 Å². The van der Waals surface area contributed by atoms with Gasteiger partial charge in [-0.05, 0) is 30.7 Å². The minimum Gasteiger partial charge on any atom is -0.497 e. The third-order valence-corrected chi connectivity index (χ3v) is 4.42.